The van der Waals surface area contributed by atoms with Crippen molar-refractivity contribution in [3.63, 3.8) is 0 Å². The zero-order valence-electron chi connectivity index (χ0n) is 7.34. The summed E-state index contributed by atoms with van der Waals surface area (Å²) < 4.78 is 0. The lowest BCUT2D eigenvalue weighted by Gasteiger charge is -2.05. The summed E-state index contributed by atoms with van der Waals surface area (Å²) in [6.07, 6.45) is -1.19. The fourth-order valence-corrected chi connectivity index (χ4v) is 0.261. The number of carbonyl (C=O) groups is 1. The Labute approximate surface area is 90.1 Å². The number of rotatable bonds is 0. The zero-order valence-corrected chi connectivity index (χ0v) is 8.15. The number of guanidine groups is 2. The average molecular weight is 243 g/mol. The lowest BCUT2D eigenvalue weighted by Crippen LogP contribution is -2.39. The van der Waals surface area contributed by atoms with E-state index in [1.54, 1.807) is 0 Å². The summed E-state index contributed by atoms with van der Waals surface area (Å²) >= 11 is 0. The number of nitrogens with two attached hydrogens (primary N) is 4. The smallest absolute Gasteiger partial charge is 0.366 e. The van der Waals surface area contributed by atoms with Gasteiger partial charge in [-0.1, -0.05) is 0 Å². The van der Waals surface area contributed by atoms with Gasteiger partial charge in [0.15, 0.2) is 0 Å². The summed E-state index contributed by atoms with van der Waals surface area (Å²) in [6, 6.07) is 0. The number of hydrogen-bond donors (Lipinski definition) is 6. The fraction of sp³-hybridized carbons (Fsp3) is 0. The van der Waals surface area contributed by atoms with Crippen LogP contribution in [0, 0.1) is 0 Å². The number of hydroxylamine groups is 2. The predicted octanol–water partition coefficient (Wildman–Crippen LogP) is -3.05. The van der Waals surface area contributed by atoms with Crippen molar-refractivity contribution in [3.05, 3.63) is 0 Å². The van der Waals surface area contributed by atoms with Gasteiger partial charge in [-0.2, -0.15) is 15.8 Å². The first kappa shape index (κ1) is 15.2. The van der Waals surface area contributed by atoms with Crippen LogP contribution in [0.2, 0.25) is 0 Å². The van der Waals surface area contributed by atoms with Gasteiger partial charge < -0.3 is 32.8 Å². The molecule has 0 unspecified atom stereocenters. The lowest BCUT2D eigenvalue weighted by atomic mass is 11.1. The molecule has 15 heavy (non-hydrogen) atoms. The number of hydrazone groups is 2. The van der Waals surface area contributed by atoms with E-state index in [0.29, 0.717) is 0 Å². The second-order valence-corrected chi connectivity index (χ2v) is 1.69. The van der Waals surface area contributed by atoms with Gasteiger partial charge in [0.1, 0.15) is 0 Å². The lowest BCUT2D eigenvalue weighted by molar-refractivity contribution is 0.0177. The van der Waals surface area contributed by atoms with Gasteiger partial charge in [0.2, 0.25) is 11.9 Å². The number of carbonyl (C=O) groups excluding carboxylic acids is 1. The van der Waals surface area contributed by atoms with Gasteiger partial charge in [-0.15, -0.1) is 22.6 Å². The van der Waals surface area contributed by atoms with E-state index in [-0.39, 0.29) is 24.3 Å². The summed E-state index contributed by atoms with van der Waals surface area (Å²) in [5, 5.41) is 5.87. The molecule has 0 aliphatic carbocycles. The van der Waals surface area contributed by atoms with Crippen LogP contribution in [0.25, 0.3) is 0 Å². The third kappa shape index (κ3) is 8.04. The Morgan fingerprint density at radius 2 is 1.33 bits per heavy atom. The first-order chi connectivity index (χ1) is 6.60. The molecule has 0 aromatic heterocycles. The minimum Gasteiger partial charge on any atom is -0.366 e. The van der Waals surface area contributed by atoms with Crippen molar-refractivity contribution in [2.24, 2.45) is 33.4 Å². The van der Waals surface area contributed by atoms with E-state index in [0.717, 1.165) is 0 Å². The van der Waals surface area contributed by atoms with Gasteiger partial charge in [-0.3, -0.25) is 0 Å². The van der Waals surface area contributed by atoms with Crippen LogP contribution in [0.4, 0.5) is 4.79 Å². The Kier molecular flexibility index (Phi) is 8.41. The second kappa shape index (κ2) is 8.31. The van der Waals surface area contributed by atoms with Crippen molar-refractivity contribution in [3.8, 4) is 0 Å². The normalized spacial score (nSPS) is 10.9. The van der Waals surface area contributed by atoms with E-state index in [2.05, 4.69) is 19.9 Å². The van der Waals surface area contributed by atoms with E-state index in [9.17, 15) is 4.79 Å². The van der Waals surface area contributed by atoms with E-state index >= 15 is 0 Å². The molecule has 0 aliphatic heterocycles. The number of halogens is 1. The van der Waals surface area contributed by atoms with Crippen LogP contribution >= 0.6 is 12.4 Å². The highest BCUT2D eigenvalue weighted by Gasteiger charge is 2.05. The highest BCUT2D eigenvalue weighted by atomic mass is 35.5. The maximum absolute atomic E-state index is 10.6. The Hall–Kier alpha value is -2.30. The monoisotopic (exact) mass is 242 g/mol. The highest BCUT2D eigenvalue weighted by molar-refractivity contribution is 5.85. The molecule has 88 valence electrons. The SMILES string of the molecule is Cl.NN=C(N)NOC(=O)ONC(N)=NN. The largest absolute Gasteiger partial charge is 0.558 e. The third-order valence-electron chi connectivity index (χ3n) is 0.756. The first-order valence-corrected chi connectivity index (χ1v) is 3.06. The summed E-state index contributed by atoms with van der Waals surface area (Å²) in [7, 11) is 0. The van der Waals surface area contributed by atoms with E-state index in [1.807, 2.05) is 11.0 Å². The predicted molar refractivity (Wildman–Crippen MR) is 52.7 cm³/mol. The summed E-state index contributed by atoms with van der Waals surface area (Å²) in [6.45, 7) is 0. The molecule has 11 nitrogen and oxygen atoms in total. The first-order valence-electron chi connectivity index (χ1n) is 3.06. The van der Waals surface area contributed by atoms with Gasteiger partial charge in [-0.25, -0.2) is 0 Å². The van der Waals surface area contributed by atoms with E-state index < -0.39 is 6.16 Å². The molecule has 0 atom stereocenters. The van der Waals surface area contributed by atoms with Gasteiger partial charge in [0, 0.05) is 0 Å². The Morgan fingerprint density at radius 1 is 1.00 bits per heavy atom. The fourth-order valence-electron chi connectivity index (χ4n) is 0.261. The van der Waals surface area contributed by atoms with Crippen molar-refractivity contribution in [1.82, 2.24) is 11.0 Å². The molecule has 0 fully saturated rings. The zero-order chi connectivity index (χ0) is 11.0. The van der Waals surface area contributed by atoms with Crippen molar-refractivity contribution >= 4 is 30.5 Å². The average Bonchev–Trinajstić information content (AvgIpc) is 2.22. The summed E-state index contributed by atoms with van der Waals surface area (Å²) in [4.78, 5) is 18.9. The van der Waals surface area contributed by atoms with Crippen molar-refractivity contribution < 1.29 is 14.5 Å². The molecule has 0 spiro atoms. The molecule has 0 saturated heterocycles. The number of nitrogens with one attached hydrogen (secondary N) is 2. The quantitative estimate of drug-likeness (QED) is 0.111. The molecule has 0 bridgehead atoms. The Bertz CT molecular complexity index is 230. The van der Waals surface area contributed by atoms with E-state index in [1.165, 1.54) is 0 Å². The third-order valence-corrected chi connectivity index (χ3v) is 0.756. The maximum Gasteiger partial charge on any atom is 0.558 e. The number of hydrogen-bond acceptors (Lipinski definition) is 7. The summed E-state index contributed by atoms with van der Waals surface area (Å²) in [5.74, 6) is 8.76. The van der Waals surface area contributed by atoms with Crippen molar-refractivity contribution in [2.45, 2.75) is 0 Å². The molecule has 0 rings (SSSR count). The minimum absolute atomic E-state index is 0. The maximum atomic E-state index is 10.6. The van der Waals surface area contributed by atoms with Crippen LogP contribution in [-0.2, 0) is 9.68 Å². The molecule has 0 aromatic rings. The van der Waals surface area contributed by atoms with Crippen LogP contribution in [0.3, 0.4) is 0 Å². The van der Waals surface area contributed by atoms with Crippen LogP contribution < -0.4 is 34.1 Å². The van der Waals surface area contributed by atoms with Crippen LogP contribution in [0.5, 0.6) is 0 Å². The molecule has 12 heteroatoms. The minimum atomic E-state index is -1.19. The Morgan fingerprint density at radius 3 is 1.60 bits per heavy atom. The van der Waals surface area contributed by atoms with Crippen molar-refractivity contribution in [1.29, 1.82) is 0 Å². The van der Waals surface area contributed by atoms with E-state index in [4.69, 9.17) is 23.2 Å². The topological polar surface area (TPSA) is 188 Å². The van der Waals surface area contributed by atoms with Gasteiger partial charge in [-0.05, 0) is 0 Å². The molecule has 0 amide bonds. The molecule has 0 saturated carbocycles. The summed E-state index contributed by atoms with van der Waals surface area (Å²) in [5.41, 5.74) is 13.7. The van der Waals surface area contributed by atoms with Crippen LogP contribution in [0.15, 0.2) is 10.2 Å². The second-order valence-electron chi connectivity index (χ2n) is 1.69. The molecular weight excluding hydrogens is 232 g/mol. The van der Waals surface area contributed by atoms with Crippen molar-refractivity contribution in [2.75, 3.05) is 0 Å². The molecular formula is C3H11ClN8O3. The standard InChI is InChI=1S/C3H10N8O3.ClH/c4-1(8-6)10-13-3(12)14-11-2(5)9-7;/h6-7H2,(H3,4,8,10)(H3,5,9,11);1H. The molecule has 0 heterocycles. The van der Waals surface area contributed by atoms with Gasteiger partial charge in [0.25, 0.3) is 0 Å². The van der Waals surface area contributed by atoms with Gasteiger partial charge >= 0.3 is 6.16 Å². The van der Waals surface area contributed by atoms with Crippen LogP contribution in [-0.4, -0.2) is 18.1 Å². The molecule has 0 radical (unpaired) electrons. The van der Waals surface area contributed by atoms with Crippen LogP contribution in [0.1, 0.15) is 0 Å². The molecule has 0 aliphatic rings. The molecule has 0 aromatic carbocycles. The Balaban J connectivity index is 0. The highest BCUT2D eigenvalue weighted by Crippen LogP contribution is 1.76. The van der Waals surface area contributed by atoms with Gasteiger partial charge in [0.05, 0.1) is 0 Å². The molecule has 10 N–H and O–H groups in total. The number of nitrogens with zero attached hydrogens (tertiary/aromatic N) is 2.